The molecule has 0 radical (unpaired) electrons. The van der Waals surface area contributed by atoms with Crippen molar-refractivity contribution >= 4 is 93.0 Å². The van der Waals surface area contributed by atoms with Gasteiger partial charge in [0.1, 0.15) is 4.33 Å². The van der Waals surface area contributed by atoms with E-state index in [2.05, 4.69) is 20.8 Å². The SMILES string of the molecule is NOC(=O)Nc1ccc(NC(=O)c2cc(NC(=O)C3C(c4cc(Cl)cc(Cl)c4)C3(Cl)Cl)ccc2Cl)cc1. The highest BCUT2D eigenvalue weighted by Crippen LogP contribution is 2.65. The van der Waals surface area contributed by atoms with Gasteiger partial charge >= 0.3 is 6.09 Å². The van der Waals surface area contributed by atoms with Crippen molar-refractivity contribution in [2.24, 2.45) is 11.8 Å². The molecule has 1 aliphatic rings. The van der Waals surface area contributed by atoms with Crippen LogP contribution in [0.3, 0.4) is 0 Å². The Morgan fingerprint density at radius 3 is 1.95 bits per heavy atom. The normalized spacial score (nSPS) is 17.5. The van der Waals surface area contributed by atoms with Crippen LogP contribution in [0.25, 0.3) is 0 Å². The molecule has 1 fully saturated rings. The second-order valence-corrected chi connectivity index (χ2v) is 10.8. The van der Waals surface area contributed by atoms with Gasteiger partial charge in [-0.15, -0.1) is 23.2 Å². The van der Waals surface area contributed by atoms with Crippen molar-refractivity contribution in [2.45, 2.75) is 10.3 Å². The molecule has 0 aromatic heterocycles. The Hall–Kier alpha value is -2.72. The molecule has 8 nitrogen and oxygen atoms in total. The Labute approximate surface area is 236 Å². The Bertz CT molecular complexity index is 1360. The number of amides is 3. The van der Waals surface area contributed by atoms with Gasteiger partial charge in [-0.05, 0) is 66.2 Å². The van der Waals surface area contributed by atoms with Crippen LogP contribution in [-0.4, -0.2) is 22.2 Å². The van der Waals surface area contributed by atoms with E-state index in [1.807, 2.05) is 0 Å². The molecule has 1 aliphatic carbocycles. The van der Waals surface area contributed by atoms with Crippen molar-refractivity contribution < 1.29 is 19.2 Å². The molecule has 0 bridgehead atoms. The molecule has 192 valence electrons. The van der Waals surface area contributed by atoms with Gasteiger partial charge in [0.2, 0.25) is 5.91 Å². The van der Waals surface area contributed by atoms with Crippen molar-refractivity contribution in [1.29, 1.82) is 0 Å². The molecule has 3 aromatic carbocycles. The molecule has 0 aliphatic heterocycles. The van der Waals surface area contributed by atoms with Gasteiger partial charge in [-0.3, -0.25) is 14.9 Å². The van der Waals surface area contributed by atoms with Crippen LogP contribution in [0.4, 0.5) is 21.9 Å². The van der Waals surface area contributed by atoms with E-state index in [4.69, 9.17) is 63.9 Å². The topological polar surface area (TPSA) is 123 Å². The molecule has 2 unspecified atom stereocenters. The van der Waals surface area contributed by atoms with E-state index < -0.39 is 34.1 Å². The first-order valence-electron chi connectivity index (χ1n) is 10.5. The van der Waals surface area contributed by atoms with E-state index in [0.29, 0.717) is 32.7 Å². The zero-order chi connectivity index (χ0) is 26.9. The van der Waals surface area contributed by atoms with E-state index in [1.165, 1.54) is 24.3 Å². The number of anilines is 3. The van der Waals surface area contributed by atoms with E-state index in [0.717, 1.165) is 0 Å². The van der Waals surface area contributed by atoms with E-state index in [-0.39, 0.29) is 10.6 Å². The van der Waals surface area contributed by atoms with Crippen LogP contribution in [0.5, 0.6) is 0 Å². The Balaban J connectivity index is 1.45. The lowest BCUT2D eigenvalue weighted by Gasteiger charge is -2.11. The predicted molar refractivity (Wildman–Crippen MR) is 146 cm³/mol. The predicted octanol–water partition coefficient (Wildman–Crippen LogP) is 6.85. The van der Waals surface area contributed by atoms with Crippen LogP contribution in [0.15, 0.2) is 60.7 Å². The summed E-state index contributed by atoms with van der Waals surface area (Å²) in [5, 5.41) is 8.77. The number of nitrogens with one attached hydrogen (secondary N) is 3. The Morgan fingerprint density at radius 2 is 1.35 bits per heavy atom. The molecular formula is C24H17Cl5N4O4. The van der Waals surface area contributed by atoms with Gasteiger partial charge in [0.25, 0.3) is 5.91 Å². The minimum absolute atomic E-state index is 0.116. The van der Waals surface area contributed by atoms with Crippen molar-refractivity contribution in [3.63, 3.8) is 0 Å². The van der Waals surface area contributed by atoms with Crippen molar-refractivity contribution in [3.05, 3.63) is 86.9 Å². The maximum atomic E-state index is 13.0. The number of halogens is 5. The summed E-state index contributed by atoms with van der Waals surface area (Å²) >= 11 is 31.2. The second kappa shape index (κ2) is 10.9. The highest BCUT2D eigenvalue weighted by Gasteiger charge is 2.67. The maximum Gasteiger partial charge on any atom is 0.430 e. The minimum Gasteiger partial charge on any atom is -0.357 e. The molecule has 5 N–H and O–H groups in total. The molecule has 3 amide bonds. The van der Waals surface area contributed by atoms with Crippen LogP contribution in [0.1, 0.15) is 21.8 Å². The van der Waals surface area contributed by atoms with Crippen molar-refractivity contribution in [1.82, 2.24) is 0 Å². The fourth-order valence-corrected chi connectivity index (χ4v) is 5.38. The third-order valence-corrected chi connectivity index (χ3v) is 7.26. The van der Waals surface area contributed by atoms with Crippen LogP contribution in [-0.2, 0) is 9.63 Å². The number of benzene rings is 3. The molecule has 13 heteroatoms. The molecule has 0 saturated heterocycles. The largest absolute Gasteiger partial charge is 0.430 e. The quantitative estimate of drug-likeness (QED) is 0.182. The molecular weight excluding hydrogens is 586 g/mol. The van der Waals surface area contributed by atoms with Gasteiger partial charge in [0.15, 0.2) is 0 Å². The summed E-state index contributed by atoms with van der Waals surface area (Å²) in [6.45, 7) is 0. The first-order valence-corrected chi connectivity index (χ1v) is 12.4. The fraction of sp³-hybridized carbons (Fsp3) is 0.125. The molecule has 0 heterocycles. The zero-order valence-corrected chi connectivity index (χ0v) is 22.3. The van der Waals surface area contributed by atoms with Crippen molar-refractivity contribution in [3.8, 4) is 0 Å². The Morgan fingerprint density at radius 1 is 0.784 bits per heavy atom. The lowest BCUT2D eigenvalue weighted by molar-refractivity contribution is -0.117. The van der Waals surface area contributed by atoms with Crippen LogP contribution in [0, 0.1) is 5.92 Å². The summed E-state index contributed by atoms with van der Waals surface area (Å²) in [6, 6.07) is 15.5. The Kier molecular flexibility index (Phi) is 8.08. The number of carbonyl (C=O) groups is 3. The average molecular weight is 603 g/mol. The van der Waals surface area contributed by atoms with Crippen LogP contribution in [0.2, 0.25) is 15.1 Å². The van der Waals surface area contributed by atoms with Gasteiger partial charge in [-0.25, -0.2) is 4.79 Å². The fourth-order valence-electron chi connectivity index (χ4n) is 3.80. The summed E-state index contributed by atoms with van der Waals surface area (Å²) in [7, 11) is 0. The van der Waals surface area contributed by atoms with Crippen LogP contribution < -0.4 is 21.8 Å². The monoisotopic (exact) mass is 600 g/mol. The number of hydrogen-bond donors (Lipinski definition) is 4. The smallest absolute Gasteiger partial charge is 0.357 e. The third kappa shape index (κ3) is 6.23. The van der Waals surface area contributed by atoms with Gasteiger partial charge in [-0.2, -0.15) is 5.90 Å². The second-order valence-electron chi connectivity index (χ2n) is 8.08. The van der Waals surface area contributed by atoms with E-state index in [9.17, 15) is 14.4 Å². The summed E-state index contributed by atoms with van der Waals surface area (Å²) in [5.41, 5.74) is 1.91. The molecule has 0 spiro atoms. The third-order valence-electron chi connectivity index (χ3n) is 5.55. The van der Waals surface area contributed by atoms with E-state index >= 15 is 0 Å². The lowest BCUT2D eigenvalue weighted by Crippen LogP contribution is -2.18. The highest BCUT2D eigenvalue weighted by atomic mass is 35.5. The minimum atomic E-state index is -1.35. The zero-order valence-electron chi connectivity index (χ0n) is 18.5. The standard InChI is InChI=1S/C24H17Cl5N4O4/c25-12-7-11(8-13(26)9-12)19-20(24(19,28)29)22(35)32-16-5-6-18(27)17(10-16)21(34)31-14-1-3-15(4-2-14)33-23(36)37-30/h1-10,19-20H,30H2,(H,31,34)(H,32,35)(H,33,36). The number of rotatable bonds is 6. The first-order chi connectivity index (χ1) is 17.5. The number of alkyl halides is 2. The van der Waals surface area contributed by atoms with Crippen molar-refractivity contribution in [2.75, 3.05) is 16.0 Å². The molecule has 37 heavy (non-hydrogen) atoms. The highest BCUT2D eigenvalue weighted by molar-refractivity contribution is 6.53. The van der Waals surface area contributed by atoms with Gasteiger partial charge < -0.3 is 15.5 Å². The molecule has 2 atom stereocenters. The first kappa shape index (κ1) is 27.3. The number of hydrogen-bond acceptors (Lipinski definition) is 5. The summed E-state index contributed by atoms with van der Waals surface area (Å²) in [6.07, 6.45) is -0.836. The number of nitrogens with two attached hydrogens (primary N) is 1. The molecule has 3 aromatic rings. The summed E-state index contributed by atoms with van der Waals surface area (Å²) in [5.74, 6) is 2.52. The lowest BCUT2D eigenvalue weighted by atomic mass is 10.1. The van der Waals surface area contributed by atoms with Gasteiger partial charge in [-0.1, -0.05) is 34.8 Å². The summed E-state index contributed by atoms with van der Waals surface area (Å²) in [4.78, 5) is 41.1. The van der Waals surface area contributed by atoms with Crippen LogP contribution >= 0.6 is 58.0 Å². The van der Waals surface area contributed by atoms with E-state index in [1.54, 1.807) is 36.4 Å². The van der Waals surface area contributed by atoms with Gasteiger partial charge in [0.05, 0.1) is 16.5 Å². The average Bonchev–Trinajstić information content (AvgIpc) is 3.42. The summed E-state index contributed by atoms with van der Waals surface area (Å²) < 4.78 is -1.35. The number of carbonyl (C=O) groups excluding carboxylic acids is 3. The molecule has 1 saturated carbocycles. The maximum absolute atomic E-state index is 13.0. The van der Waals surface area contributed by atoms with Gasteiger partial charge in [0, 0.05) is 33.0 Å². The molecule has 4 rings (SSSR count).